The second kappa shape index (κ2) is 15.7. The van der Waals surface area contributed by atoms with E-state index in [0.29, 0.717) is 24.2 Å². The van der Waals surface area contributed by atoms with Gasteiger partial charge in [-0.15, -0.1) is 0 Å². The number of rotatable bonds is 6. The van der Waals surface area contributed by atoms with E-state index in [4.69, 9.17) is 10.8 Å². The van der Waals surface area contributed by atoms with Crippen molar-refractivity contribution in [2.75, 3.05) is 20.2 Å². The molecule has 3 N–H and O–H groups in total. The number of nitrogens with two attached hydrogens (primary N) is 1. The van der Waals surface area contributed by atoms with Gasteiger partial charge in [-0.2, -0.15) is 0 Å². The van der Waals surface area contributed by atoms with E-state index in [9.17, 15) is 4.79 Å². The van der Waals surface area contributed by atoms with Crippen LogP contribution in [0.25, 0.3) is 0 Å². The van der Waals surface area contributed by atoms with Crippen molar-refractivity contribution >= 4 is 5.91 Å². The zero-order valence-corrected chi connectivity index (χ0v) is 12.8. The second-order valence-electron chi connectivity index (χ2n) is 3.01. The molecule has 0 aliphatic carbocycles. The first kappa shape index (κ1) is 21.9. The van der Waals surface area contributed by atoms with Crippen molar-refractivity contribution < 1.29 is 9.90 Å². The first-order chi connectivity index (χ1) is 8.54. The lowest BCUT2D eigenvalue weighted by Crippen LogP contribution is -2.26. The molecule has 4 heteroatoms. The van der Waals surface area contributed by atoms with Crippen molar-refractivity contribution in [3.05, 3.63) is 23.9 Å². The normalized spacial score (nSPS) is 9.39. The molecule has 0 bridgehead atoms. The Kier molecular flexibility index (Phi) is 19.1. The molecule has 0 atom stereocenters. The summed E-state index contributed by atoms with van der Waals surface area (Å²) >= 11 is 0. The van der Waals surface area contributed by atoms with Crippen molar-refractivity contribution in [2.24, 2.45) is 5.73 Å². The molecule has 0 heterocycles. The van der Waals surface area contributed by atoms with Crippen LogP contribution in [0.5, 0.6) is 0 Å². The van der Waals surface area contributed by atoms with E-state index in [1.54, 1.807) is 17.9 Å². The molecule has 18 heavy (non-hydrogen) atoms. The zero-order valence-electron chi connectivity index (χ0n) is 12.8. The van der Waals surface area contributed by atoms with Crippen LogP contribution in [-0.4, -0.2) is 36.1 Å². The summed E-state index contributed by atoms with van der Waals surface area (Å²) in [6.07, 6.45) is 2.28. The van der Waals surface area contributed by atoms with Gasteiger partial charge in [0.05, 0.1) is 5.57 Å². The molecule has 0 fully saturated rings. The fourth-order valence-corrected chi connectivity index (χ4v) is 1.10. The van der Waals surface area contributed by atoms with Gasteiger partial charge in [-0.1, -0.05) is 40.3 Å². The molecule has 4 nitrogen and oxygen atoms in total. The molecular formula is C14H30N2O2. The van der Waals surface area contributed by atoms with Gasteiger partial charge in [-0.3, -0.25) is 4.79 Å². The van der Waals surface area contributed by atoms with E-state index in [0.717, 1.165) is 0 Å². The largest absolute Gasteiger partial charge is 0.396 e. The Hall–Kier alpha value is -1.29. The monoisotopic (exact) mass is 258 g/mol. The van der Waals surface area contributed by atoms with Gasteiger partial charge in [0.25, 0.3) is 0 Å². The van der Waals surface area contributed by atoms with Gasteiger partial charge in [0.15, 0.2) is 0 Å². The number of likely N-dealkylation sites (N-methyl/N-ethyl adjacent to an activating group) is 1. The number of nitrogens with zero attached hydrogens (tertiary/aromatic N) is 1. The molecule has 1 amide bonds. The molecule has 0 aromatic heterocycles. The van der Waals surface area contributed by atoms with E-state index in [1.165, 1.54) is 0 Å². The Morgan fingerprint density at radius 1 is 1.33 bits per heavy atom. The zero-order chi connectivity index (χ0) is 15.1. The van der Waals surface area contributed by atoms with Gasteiger partial charge in [0, 0.05) is 25.9 Å². The maximum absolute atomic E-state index is 11.0. The van der Waals surface area contributed by atoms with E-state index >= 15 is 0 Å². The highest BCUT2D eigenvalue weighted by atomic mass is 16.3. The quantitative estimate of drug-likeness (QED) is 0.567. The van der Waals surface area contributed by atoms with E-state index in [1.807, 2.05) is 34.7 Å². The molecule has 0 rings (SSSR count). The van der Waals surface area contributed by atoms with Gasteiger partial charge < -0.3 is 15.7 Å². The Balaban J connectivity index is -0.000000506. The van der Waals surface area contributed by atoms with Crippen LogP contribution in [-0.2, 0) is 4.79 Å². The Bertz CT molecular complexity index is 248. The minimum absolute atomic E-state index is 0.124. The smallest absolute Gasteiger partial charge is 0.250 e. The number of aliphatic hydroxyl groups is 1. The molecule has 0 aromatic rings. The second-order valence-corrected chi connectivity index (χ2v) is 3.01. The van der Waals surface area contributed by atoms with Crippen LogP contribution < -0.4 is 5.73 Å². The molecule has 0 unspecified atom stereocenters. The van der Waals surface area contributed by atoms with Crippen LogP contribution in [0.2, 0.25) is 0 Å². The van der Waals surface area contributed by atoms with Crippen LogP contribution >= 0.6 is 0 Å². The third-order valence-corrected chi connectivity index (χ3v) is 1.98. The Labute approximate surface area is 112 Å². The molecule has 0 aromatic carbocycles. The highest BCUT2D eigenvalue weighted by molar-refractivity contribution is 5.95. The summed E-state index contributed by atoms with van der Waals surface area (Å²) in [6, 6.07) is 0. The van der Waals surface area contributed by atoms with E-state index in [-0.39, 0.29) is 6.61 Å². The maximum atomic E-state index is 11.0. The van der Waals surface area contributed by atoms with Crippen molar-refractivity contribution in [3.63, 3.8) is 0 Å². The van der Waals surface area contributed by atoms with Crippen LogP contribution in [0.15, 0.2) is 23.9 Å². The van der Waals surface area contributed by atoms with Crippen molar-refractivity contribution in [1.82, 2.24) is 4.90 Å². The number of amides is 1. The Morgan fingerprint density at radius 3 is 2.06 bits per heavy atom. The number of carbonyl (C=O) groups is 1. The summed E-state index contributed by atoms with van der Waals surface area (Å²) in [6.45, 7) is 14.3. The number of hydrogen-bond acceptors (Lipinski definition) is 3. The van der Waals surface area contributed by atoms with Crippen molar-refractivity contribution in [1.29, 1.82) is 0 Å². The minimum Gasteiger partial charge on any atom is -0.396 e. The van der Waals surface area contributed by atoms with Crippen LogP contribution in [0.1, 0.15) is 41.0 Å². The molecule has 0 aliphatic rings. The summed E-state index contributed by atoms with van der Waals surface area (Å²) in [7, 11) is 1.81. The average Bonchev–Trinajstić information content (AvgIpc) is 2.40. The molecule has 108 valence electrons. The minimum atomic E-state index is -0.478. The highest BCUT2D eigenvalue weighted by Gasteiger charge is 2.11. The van der Waals surface area contributed by atoms with Gasteiger partial charge in [0.1, 0.15) is 0 Å². The third-order valence-electron chi connectivity index (χ3n) is 1.98. The van der Waals surface area contributed by atoms with Gasteiger partial charge in [-0.25, -0.2) is 0 Å². The fraction of sp³-hybridized carbons (Fsp3) is 0.643. The first-order valence-corrected chi connectivity index (χ1v) is 6.52. The third kappa shape index (κ3) is 9.90. The molecular weight excluding hydrogens is 228 g/mol. The van der Waals surface area contributed by atoms with Crippen LogP contribution in [0, 0.1) is 0 Å². The number of hydrogen-bond donors (Lipinski definition) is 2. The average molecular weight is 258 g/mol. The summed E-state index contributed by atoms with van der Waals surface area (Å²) in [5.41, 5.74) is 6.18. The fourth-order valence-electron chi connectivity index (χ4n) is 1.10. The number of primary amides is 1. The highest BCUT2D eigenvalue weighted by Crippen LogP contribution is 2.11. The van der Waals surface area contributed by atoms with Gasteiger partial charge in [0.2, 0.25) is 5.91 Å². The molecule has 0 spiro atoms. The lowest BCUT2D eigenvalue weighted by Gasteiger charge is -2.21. The SMILES string of the molecule is C=C(/C(=C\C)C(N)=O)N(C)CCCO.CC.CC. The maximum Gasteiger partial charge on any atom is 0.250 e. The van der Waals surface area contributed by atoms with Gasteiger partial charge in [-0.05, 0) is 13.3 Å². The molecule has 0 saturated carbocycles. The molecule has 0 saturated heterocycles. The van der Waals surface area contributed by atoms with E-state index in [2.05, 4.69) is 6.58 Å². The Morgan fingerprint density at radius 2 is 1.78 bits per heavy atom. The lowest BCUT2D eigenvalue weighted by molar-refractivity contribution is -0.114. The molecule has 0 radical (unpaired) electrons. The number of carbonyl (C=O) groups excluding carboxylic acids is 1. The van der Waals surface area contributed by atoms with Crippen LogP contribution in [0.4, 0.5) is 0 Å². The molecule has 0 aliphatic heterocycles. The summed E-state index contributed by atoms with van der Waals surface area (Å²) < 4.78 is 0. The van der Waals surface area contributed by atoms with Crippen LogP contribution in [0.3, 0.4) is 0 Å². The predicted octanol–water partition coefficient (Wildman–Crippen LogP) is 2.30. The summed E-state index contributed by atoms with van der Waals surface area (Å²) in [5.74, 6) is -0.478. The van der Waals surface area contributed by atoms with Gasteiger partial charge >= 0.3 is 0 Å². The summed E-state index contributed by atoms with van der Waals surface area (Å²) in [5, 5.41) is 8.64. The predicted molar refractivity (Wildman–Crippen MR) is 79.1 cm³/mol. The van der Waals surface area contributed by atoms with Crippen molar-refractivity contribution in [3.8, 4) is 0 Å². The van der Waals surface area contributed by atoms with E-state index < -0.39 is 5.91 Å². The lowest BCUT2D eigenvalue weighted by atomic mass is 10.1. The van der Waals surface area contributed by atoms with Crippen molar-refractivity contribution in [2.45, 2.75) is 41.0 Å². The first-order valence-electron chi connectivity index (χ1n) is 6.52. The number of aliphatic hydroxyl groups excluding tert-OH is 1. The standard InChI is InChI=1S/C10H18N2O2.2C2H6/c1-4-9(10(11)14)8(2)12(3)6-5-7-13;2*1-2/h4,13H,2,5-7H2,1,3H3,(H2,11,14);2*1-2H3/b9-4+;;. The summed E-state index contributed by atoms with van der Waals surface area (Å²) in [4.78, 5) is 12.8. The number of allylic oxidation sites excluding steroid dienone is 1. The topological polar surface area (TPSA) is 66.6 Å².